The molecule has 0 aromatic heterocycles. The Morgan fingerprint density at radius 3 is 2.71 bits per heavy atom. The van der Waals surface area contributed by atoms with Crippen molar-refractivity contribution in [3.8, 4) is 0 Å². The molecule has 3 rings (SSSR count). The Morgan fingerprint density at radius 2 is 1.88 bits per heavy atom. The molecule has 0 saturated heterocycles. The van der Waals surface area contributed by atoms with Crippen LogP contribution in [0.5, 0.6) is 0 Å². The van der Waals surface area contributed by atoms with Gasteiger partial charge in [-0.2, -0.15) is 0 Å². The number of nitrogens with one attached hydrogen (secondary N) is 1. The van der Waals surface area contributed by atoms with Crippen LogP contribution >= 0.6 is 0 Å². The summed E-state index contributed by atoms with van der Waals surface area (Å²) in [5, 5.41) is 3.62. The maximum Gasteiger partial charge on any atom is 0.0579 e. The van der Waals surface area contributed by atoms with Gasteiger partial charge in [0.15, 0.2) is 0 Å². The van der Waals surface area contributed by atoms with Crippen molar-refractivity contribution in [3.63, 3.8) is 0 Å². The van der Waals surface area contributed by atoms with Crippen LogP contribution in [0, 0.1) is 6.92 Å². The van der Waals surface area contributed by atoms with E-state index in [0.29, 0.717) is 6.04 Å². The first-order valence-corrected chi connectivity index (χ1v) is 6.22. The molecule has 86 valence electrons. The van der Waals surface area contributed by atoms with Crippen LogP contribution in [0.2, 0.25) is 0 Å². The lowest BCUT2D eigenvalue weighted by Gasteiger charge is -2.27. The van der Waals surface area contributed by atoms with E-state index in [1.807, 2.05) is 0 Å². The van der Waals surface area contributed by atoms with Crippen molar-refractivity contribution in [1.29, 1.82) is 0 Å². The molecule has 2 aromatic carbocycles. The molecular weight excluding hydrogens is 206 g/mol. The van der Waals surface area contributed by atoms with Crippen LogP contribution < -0.4 is 5.32 Å². The molecule has 1 nitrogen and oxygen atoms in total. The van der Waals surface area contributed by atoms with Gasteiger partial charge in [0.1, 0.15) is 0 Å². The lowest BCUT2D eigenvalue weighted by atomic mass is 9.89. The lowest BCUT2D eigenvalue weighted by Crippen LogP contribution is -2.30. The van der Waals surface area contributed by atoms with Gasteiger partial charge in [-0.05, 0) is 30.0 Å². The smallest absolute Gasteiger partial charge is 0.0579 e. The minimum atomic E-state index is 0.361. The Hall–Kier alpha value is -1.60. The predicted octanol–water partition coefficient (Wildman–Crippen LogP) is 3.23. The van der Waals surface area contributed by atoms with Crippen LogP contribution in [0.15, 0.2) is 48.5 Å². The number of aryl methyl sites for hydroxylation is 1. The summed E-state index contributed by atoms with van der Waals surface area (Å²) in [7, 11) is 0. The summed E-state index contributed by atoms with van der Waals surface area (Å²) in [6.45, 7) is 3.23. The Morgan fingerprint density at radius 1 is 1.06 bits per heavy atom. The zero-order valence-corrected chi connectivity index (χ0v) is 10.1. The van der Waals surface area contributed by atoms with Crippen LogP contribution in [0.25, 0.3) is 0 Å². The molecule has 0 amide bonds. The summed E-state index contributed by atoms with van der Waals surface area (Å²) in [6.07, 6.45) is 1.14. The second-order valence-electron chi connectivity index (χ2n) is 4.75. The largest absolute Gasteiger partial charge is 0.306 e. The molecule has 0 radical (unpaired) electrons. The van der Waals surface area contributed by atoms with E-state index in [9.17, 15) is 0 Å². The Bertz CT molecular complexity index is 516. The van der Waals surface area contributed by atoms with E-state index in [1.165, 1.54) is 22.3 Å². The molecule has 1 heteroatoms. The molecule has 1 N–H and O–H groups in total. The summed E-state index contributed by atoms with van der Waals surface area (Å²) in [4.78, 5) is 0. The molecule has 1 heterocycles. The number of rotatable bonds is 1. The van der Waals surface area contributed by atoms with Gasteiger partial charge in [-0.15, -0.1) is 0 Å². The van der Waals surface area contributed by atoms with E-state index in [4.69, 9.17) is 0 Å². The summed E-state index contributed by atoms with van der Waals surface area (Å²) in [6, 6.07) is 17.9. The van der Waals surface area contributed by atoms with Crippen molar-refractivity contribution < 1.29 is 0 Å². The summed E-state index contributed by atoms with van der Waals surface area (Å²) in [5.41, 5.74) is 5.64. The molecule has 0 bridgehead atoms. The predicted molar refractivity (Wildman–Crippen MR) is 71.2 cm³/mol. The Kier molecular flexibility index (Phi) is 2.69. The molecule has 0 fully saturated rings. The third-order valence-electron chi connectivity index (χ3n) is 3.49. The quantitative estimate of drug-likeness (QED) is 0.782. The fourth-order valence-electron chi connectivity index (χ4n) is 2.61. The van der Waals surface area contributed by atoms with Gasteiger partial charge < -0.3 is 5.32 Å². The summed E-state index contributed by atoms with van der Waals surface area (Å²) in [5.74, 6) is 0. The molecule has 17 heavy (non-hydrogen) atoms. The molecule has 1 aliphatic heterocycles. The van der Waals surface area contributed by atoms with Gasteiger partial charge in [0.2, 0.25) is 0 Å². The van der Waals surface area contributed by atoms with Gasteiger partial charge >= 0.3 is 0 Å². The summed E-state index contributed by atoms with van der Waals surface area (Å²) >= 11 is 0. The van der Waals surface area contributed by atoms with Crippen molar-refractivity contribution in [3.05, 3.63) is 70.8 Å². The van der Waals surface area contributed by atoms with E-state index < -0.39 is 0 Å². The highest BCUT2D eigenvalue weighted by molar-refractivity contribution is 5.41. The van der Waals surface area contributed by atoms with Gasteiger partial charge in [-0.3, -0.25) is 0 Å². The van der Waals surface area contributed by atoms with Crippen LogP contribution in [-0.2, 0) is 6.42 Å². The number of hydrogen-bond donors (Lipinski definition) is 1. The fourth-order valence-corrected chi connectivity index (χ4v) is 2.61. The molecule has 0 aliphatic carbocycles. The van der Waals surface area contributed by atoms with E-state index >= 15 is 0 Å². The minimum Gasteiger partial charge on any atom is -0.306 e. The van der Waals surface area contributed by atoms with Crippen molar-refractivity contribution >= 4 is 0 Å². The van der Waals surface area contributed by atoms with E-state index in [1.54, 1.807) is 0 Å². The lowest BCUT2D eigenvalue weighted by molar-refractivity contribution is 0.567. The fraction of sp³-hybridized carbons (Fsp3) is 0.250. The average molecular weight is 223 g/mol. The molecule has 1 aliphatic rings. The number of hydrogen-bond acceptors (Lipinski definition) is 1. The van der Waals surface area contributed by atoms with Crippen molar-refractivity contribution in [2.75, 3.05) is 6.54 Å². The molecular formula is C16H17N. The minimum absolute atomic E-state index is 0.361. The van der Waals surface area contributed by atoms with Crippen LogP contribution in [0.4, 0.5) is 0 Å². The van der Waals surface area contributed by atoms with Crippen LogP contribution in [0.3, 0.4) is 0 Å². The standard InChI is InChI=1S/C16H17N/c1-12-7-8-13-9-10-17-16(15(13)11-12)14-5-3-2-4-6-14/h2-8,11,16-17H,9-10H2,1H3. The maximum atomic E-state index is 3.62. The number of benzene rings is 2. The molecule has 2 aromatic rings. The van der Waals surface area contributed by atoms with Gasteiger partial charge in [-0.25, -0.2) is 0 Å². The van der Waals surface area contributed by atoms with Crippen LogP contribution in [0.1, 0.15) is 28.3 Å². The van der Waals surface area contributed by atoms with E-state index in [2.05, 4.69) is 60.8 Å². The van der Waals surface area contributed by atoms with Gasteiger partial charge in [0.05, 0.1) is 6.04 Å². The topological polar surface area (TPSA) is 12.0 Å². The van der Waals surface area contributed by atoms with Gasteiger partial charge in [0.25, 0.3) is 0 Å². The molecule has 0 spiro atoms. The van der Waals surface area contributed by atoms with E-state index in [-0.39, 0.29) is 0 Å². The normalized spacial score (nSPS) is 18.8. The average Bonchev–Trinajstić information content (AvgIpc) is 2.39. The maximum absolute atomic E-state index is 3.62. The van der Waals surface area contributed by atoms with Crippen molar-refractivity contribution in [2.45, 2.75) is 19.4 Å². The highest BCUT2D eigenvalue weighted by Crippen LogP contribution is 2.29. The van der Waals surface area contributed by atoms with Crippen molar-refractivity contribution in [1.82, 2.24) is 5.32 Å². The SMILES string of the molecule is Cc1ccc2c(c1)C(c1ccccc1)NCC2. The first-order valence-electron chi connectivity index (χ1n) is 6.22. The summed E-state index contributed by atoms with van der Waals surface area (Å²) < 4.78 is 0. The monoisotopic (exact) mass is 223 g/mol. The van der Waals surface area contributed by atoms with E-state index in [0.717, 1.165) is 13.0 Å². The highest BCUT2D eigenvalue weighted by Gasteiger charge is 2.20. The Labute approximate surface area is 102 Å². The zero-order chi connectivity index (χ0) is 11.7. The highest BCUT2D eigenvalue weighted by atomic mass is 14.9. The first kappa shape index (κ1) is 10.5. The first-order chi connectivity index (χ1) is 8.34. The number of fused-ring (bicyclic) bond motifs is 1. The molecule has 0 saturated carbocycles. The van der Waals surface area contributed by atoms with Crippen LogP contribution in [-0.4, -0.2) is 6.54 Å². The molecule has 1 atom stereocenters. The third-order valence-corrected chi connectivity index (χ3v) is 3.49. The van der Waals surface area contributed by atoms with Crippen molar-refractivity contribution in [2.24, 2.45) is 0 Å². The van der Waals surface area contributed by atoms with Gasteiger partial charge in [-0.1, -0.05) is 54.1 Å². The zero-order valence-electron chi connectivity index (χ0n) is 10.1. The van der Waals surface area contributed by atoms with Gasteiger partial charge in [0, 0.05) is 6.54 Å². The Balaban J connectivity index is 2.08. The second-order valence-corrected chi connectivity index (χ2v) is 4.75. The molecule has 1 unspecified atom stereocenters. The second kappa shape index (κ2) is 4.34. The third kappa shape index (κ3) is 1.98.